The van der Waals surface area contributed by atoms with Crippen molar-refractivity contribution in [1.82, 2.24) is 0 Å². The minimum atomic E-state index is -0.489. The Morgan fingerprint density at radius 2 is 1.94 bits per heavy atom. The summed E-state index contributed by atoms with van der Waals surface area (Å²) in [5, 5.41) is 9.29. The van der Waals surface area contributed by atoms with Crippen LogP contribution in [-0.4, -0.2) is 24.7 Å². The van der Waals surface area contributed by atoms with Gasteiger partial charge < -0.3 is 10.0 Å². The number of carbonyl (C=O) groups excluding carboxylic acids is 1. The summed E-state index contributed by atoms with van der Waals surface area (Å²) in [7, 11) is 1.78. The highest BCUT2D eigenvalue weighted by atomic mass is 16.3. The number of nitrogens with zero attached hydrogens (tertiary/aromatic N) is 1. The number of benzene rings is 1. The van der Waals surface area contributed by atoms with Crippen molar-refractivity contribution in [2.45, 2.75) is 32.6 Å². The van der Waals surface area contributed by atoms with Gasteiger partial charge in [-0.05, 0) is 37.0 Å². The third-order valence-corrected chi connectivity index (χ3v) is 3.78. The van der Waals surface area contributed by atoms with Crippen molar-refractivity contribution in [3.8, 4) is 0 Å². The molecule has 1 aromatic carbocycles. The van der Waals surface area contributed by atoms with Crippen LogP contribution in [0.25, 0.3) is 0 Å². The van der Waals surface area contributed by atoms with Gasteiger partial charge in [-0.2, -0.15) is 0 Å². The highest BCUT2D eigenvalue weighted by molar-refractivity contribution is 5.99. The largest absolute Gasteiger partial charge is 0.395 e. The van der Waals surface area contributed by atoms with Gasteiger partial charge in [-0.25, -0.2) is 0 Å². The van der Waals surface area contributed by atoms with Gasteiger partial charge in [0.05, 0.1) is 12.0 Å². The van der Waals surface area contributed by atoms with Gasteiger partial charge in [0.2, 0.25) is 5.91 Å². The maximum absolute atomic E-state index is 12.2. The Morgan fingerprint density at radius 3 is 2.39 bits per heavy atom. The number of hydrogen-bond acceptors (Lipinski definition) is 2. The molecule has 0 unspecified atom stereocenters. The molecule has 3 nitrogen and oxygen atoms in total. The smallest absolute Gasteiger partial charge is 0.235 e. The molecule has 1 amide bonds. The summed E-state index contributed by atoms with van der Waals surface area (Å²) in [6, 6.07) is 8.11. The van der Waals surface area contributed by atoms with Crippen molar-refractivity contribution in [2.24, 2.45) is 5.41 Å². The Labute approximate surface area is 108 Å². The molecule has 1 aromatic rings. The second kappa shape index (κ2) is 5.11. The van der Waals surface area contributed by atoms with E-state index in [1.807, 2.05) is 12.1 Å². The highest BCUT2D eigenvalue weighted by Crippen LogP contribution is 2.46. The van der Waals surface area contributed by atoms with E-state index in [0.717, 1.165) is 31.4 Å². The Kier molecular flexibility index (Phi) is 3.71. The van der Waals surface area contributed by atoms with Crippen LogP contribution in [0.3, 0.4) is 0 Å². The van der Waals surface area contributed by atoms with Gasteiger partial charge in [0.25, 0.3) is 0 Å². The van der Waals surface area contributed by atoms with Crippen LogP contribution in [0.5, 0.6) is 0 Å². The molecule has 2 rings (SSSR count). The lowest BCUT2D eigenvalue weighted by Gasteiger charge is -2.22. The molecule has 1 aliphatic rings. The molecule has 1 fully saturated rings. The number of aliphatic hydroxyl groups excluding tert-OH is 1. The van der Waals surface area contributed by atoms with Crippen molar-refractivity contribution in [1.29, 1.82) is 0 Å². The third-order valence-electron chi connectivity index (χ3n) is 3.78. The van der Waals surface area contributed by atoms with Crippen molar-refractivity contribution < 1.29 is 9.90 Å². The molecule has 1 aliphatic carbocycles. The summed E-state index contributed by atoms with van der Waals surface area (Å²) in [5.41, 5.74) is 1.71. The lowest BCUT2D eigenvalue weighted by molar-refractivity contribution is -0.124. The molecular weight excluding hydrogens is 226 g/mol. The summed E-state index contributed by atoms with van der Waals surface area (Å²) in [5.74, 6) is 0.0354. The van der Waals surface area contributed by atoms with E-state index in [1.54, 1.807) is 11.9 Å². The first kappa shape index (κ1) is 13.1. The van der Waals surface area contributed by atoms with E-state index in [-0.39, 0.29) is 12.5 Å². The van der Waals surface area contributed by atoms with Crippen molar-refractivity contribution >= 4 is 11.6 Å². The van der Waals surface area contributed by atoms with E-state index >= 15 is 0 Å². The molecule has 0 atom stereocenters. The summed E-state index contributed by atoms with van der Waals surface area (Å²) >= 11 is 0. The average molecular weight is 247 g/mol. The second-order valence-electron chi connectivity index (χ2n) is 5.22. The average Bonchev–Trinajstić information content (AvgIpc) is 3.19. The maximum Gasteiger partial charge on any atom is 0.235 e. The van der Waals surface area contributed by atoms with Crippen LogP contribution in [0.4, 0.5) is 5.69 Å². The molecule has 98 valence electrons. The molecule has 0 aliphatic heterocycles. The van der Waals surface area contributed by atoms with Gasteiger partial charge >= 0.3 is 0 Å². The van der Waals surface area contributed by atoms with Gasteiger partial charge in [0, 0.05) is 12.7 Å². The Bertz CT molecular complexity index is 421. The van der Waals surface area contributed by atoms with Gasteiger partial charge in [-0.15, -0.1) is 0 Å². The number of amides is 1. The molecule has 0 aromatic heterocycles. The Morgan fingerprint density at radius 1 is 1.33 bits per heavy atom. The zero-order valence-corrected chi connectivity index (χ0v) is 11.1. The number of hydrogen-bond donors (Lipinski definition) is 1. The third kappa shape index (κ3) is 2.41. The van der Waals surface area contributed by atoms with E-state index < -0.39 is 5.41 Å². The van der Waals surface area contributed by atoms with Crippen LogP contribution < -0.4 is 4.90 Å². The topological polar surface area (TPSA) is 40.5 Å². The zero-order valence-electron chi connectivity index (χ0n) is 11.1. The van der Waals surface area contributed by atoms with Crippen molar-refractivity contribution in [3.05, 3.63) is 29.8 Å². The first-order valence-electron chi connectivity index (χ1n) is 6.61. The van der Waals surface area contributed by atoms with E-state index in [0.29, 0.717) is 0 Å². The quantitative estimate of drug-likeness (QED) is 0.867. The summed E-state index contributed by atoms with van der Waals surface area (Å²) in [6.45, 7) is 2.12. The Balaban J connectivity index is 2.09. The fraction of sp³-hybridized carbons (Fsp3) is 0.533. The molecule has 0 spiro atoms. The van der Waals surface area contributed by atoms with E-state index in [1.165, 1.54) is 5.56 Å². The number of carbonyl (C=O) groups is 1. The van der Waals surface area contributed by atoms with Crippen molar-refractivity contribution in [3.63, 3.8) is 0 Å². The number of rotatable bonds is 5. The lowest BCUT2D eigenvalue weighted by Crippen LogP contribution is -2.36. The summed E-state index contributed by atoms with van der Waals surface area (Å²) < 4.78 is 0. The van der Waals surface area contributed by atoms with Gasteiger partial charge in [-0.3, -0.25) is 4.79 Å². The fourth-order valence-corrected chi connectivity index (χ4v) is 2.24. The summed E-state index contributed by atoms with van der Waals surface area (Å²) in [6.07, 6.45) is 3.81. The highest BCUT2D eigenvalue weighted by Gasteiger charge is 2.50. The predicted octanol–water partition coefficient (Wildman–Crippen LogP) is 2.37. The number of anilines is 1. The SMILES string of the molecule is CCCc1ccc(N(C)C(=O)C2(CO)CC2)cc1. The fourth-order valence-electron chi connectivity index (χ4n) is 2.24. The molecular formula is C15H21NO2. The molecule has 18 heavy (non-hydrogen) atoms. The molecule has 0 heterocycles. The van der Waals surface area contributed by atoms with Crippen LogP contribution in [0.2, 0.25) is 0 Å². The van der Waals surface area contributed by atoms with E-state index in [2.05, 4.69) is 19.1 Å². The Hall–Kier alpha value is -1.35. The standard InChI is InChI=1S/C15H21NO2/c1-3-4-12-5-7-13(8-6-12)16(2)14(18)15(11-17)9-10-15/h5-8,17H,3-4,9-11H2,1-2H3. The van der Waals surface area contributed by atoms with Crippen LogP contribution in [0, 0.1) is 5.41 Å². The molecule has 0 saturated heterocycles. The second-order valence-corrected chi connectivity index (χ2v) is 5.22. The minimum Gasteiger partial charge on any atom is -0.395 e. The van der Waals surface area contributed by atoms with Gasteiger partial charge in [0.15, 0.2) is 0 Å². The van der Waals surface area contributed by atoms with Crippen LogP contribution in [-0.2, 0) is 11.2 Å². The van der Waals surface area contributed by atoms with Crippen LogP contribution in [0.1, 0.15) is 31.7 Å². The monoisotopic (exact) mass is 247 g/mol. The normalized spacial score (nSPS) is 16.4. The molecule has 1 saturated carbocycles. The van der Waals surface area contributed by atoms with E-state index in [9.17, 15) is 9.90 Å². The van der Waals surface area contributed by atoms with Crippen molar-refractivity contribution in [2.75, 3.05) is 18.6 Å². The number of aryl methyl sites for hydroxylation is 1. The maximum atomic E-state index is 12.2. The number of aliphatic hydroxyl groups is 1. The molecule has 0 bridgehead atoms. The molecule has 1 N–H and O–H groups in total. The predicted molar refractivity (Wildman–Crippen MR) is 72.6 cm³/mol. The van der Waals surface area contributed by atoms with Crippen LogP contribution in [0.15, 0.2) is 24.3 Å². The van der Waals surface area contributed by atoms with Crippen LogP contribution >= 0.6 is 0 Å². The van der Waals surface area contributed by atoms with Gasteiger partial charge in [-0.1, -0.05) is 25.5 Å². The molecule has 0 radical (unpaired) electrons. The first-order valence-corrected chi connectivity index (χ1v) is 6.61. The lowest BCUT2D eigenvalue weighted by atomic mass is 10.1. The zero-order chi connectivity index (χ0) is 13.2. The minimum absolute atomic E-state index is 0.0354. The van der Waals surface area contributed by atoms with E-state index in [4.69, 9.17) is 0 Å². The molecule has 3 heteroatoms. The first-order chi connectivity index (χ1) is 8.63. The van der Waals surface area contributed by atoms with Gasteiger partial charge in [0.1, 0.15) is 0 Å². The summed E-state index contributed by atoms with van der Waals surface area (Å²) in [4.78, 5) is 13.9.